The molecule has 0 aromatic heterocycles. The minimum atomic E-state index is -0.485. The first-order valence-corrected chi connectivity index (χ1v) is 10.6. The molecule has 0 bridgehead atoms. The van der Waals surface area contributed by atoms with Gasteiger partial charge >= 0.3 is 0 Å². The van der Waals surface area contributed by atoms with Gasteiger partial charge in [-0.15, -0.1) is 0 Å². The third-order valence-corrected chi connectivity index (χ3v) is 6.13. The van der Waals surface area contributed by atoms with Crippen molar-refractivity contribution in [1.82, 2.24) is 9.80 Å². The number of carbonyl (C=O) groups excluding carboxylic acids is 2. The molecular formula is C24H25N3O5. The molecule has 4 rings (SSSR count). The lowest BCUT2D eigenvalue weighted by molar-refractivity contribution is -0.384. The lowest BCUT2D eigenvalue weighted by Gasteiger charge is -2.32. The first kappa shape index (κ1) is 21.5. The normalized spacial score (nSPS) is 17.3. The maximum Gasteiger partial charge on any atom is 0.278 e. The zero-order valence-corrected chi connectivity index (χ0v) is 18.1. The molecule has 32 heavy (non-hydrogen) atoms. The molecule has 2 aliphatic heterocycles. The van der Waals surface area contributed by atoms with Crippen LogP contribution in [-0.4, -0.2) is 46.7 Å². The van der Waals surface area contributed by atoms with Crippen LogP contribution in [0, 0.1) is 16.0 Å². The van der Waals surface area contributed by atoms with Gasteiger partial charge in [0, 0.05) is 30.8 Å². The van der Waals surface area contributed by atoms with Gasteiger partial charge in [0.05, 0.1) is 24.2 Å². The van der Waals surface area contributed by atoms with Crippen LogP contribution in [0.25, 0.3) is 5.57 Å². The molecule has 2 aromatic carbocycles. The van der Waals surface area contributed by atoms with Gasteiger partial charge in [-0.25, -0.2) is 0 Å². The van der Waals surface area contributed by atoms with Gasteiger partial charge in [0.15, 0.2) is 0 Å². The van der Waals surface area contributed by atoms with E-state index in [2.05, 4.69) is 6.92 Å². The molecule has 2 amide bonds. The summed E-state index contributed by atoms with van der Waals surface area (Å²) in [5.74, 6) is 0.420. The average Bonchev–Trinajstić information content (AvgIpc) is 3.05. The lowest BCUT2D eigenvalue weighted by Crippen LogP contribution is -2.38. The summed E-state index contributed by atoms with van der Waals surface area (Å²) in [4.78, 5) is 40.8. The van der Waals surface area contributed by atoms with Crippen LogP contribution in [0.4, 0.5) is 5.69 Å². The molecule has 1 fully saturated rings. The molecule has 0 radical (unpaired) electrons. The molecule has 8 heteroatoms. The van der Waals surface area contributed by atoms with Crippen LogP contribution in [0.5, 0.6) is 5.75 Å². The second-order valence-corrected chi connectivity index (χ2v) is 8.21. The SMILES string of the molecule is COc1ccccc1CN1C(=O)C(c2ccc([N+](=O)[O-])cc2)=C(N2CCC(C)CC2)C1=O. The highest BCUT2D eigenvalue weighted by molar-refractivity contribution is 6.35. The summed E-state index contributed by atoms with van der Waals surface area (Å²) in [6, 6.07) is 13.1. The lowest BCUT2D eigenvalue weighted by atomic mass is 9.97. The summed E-state index contributed by atoms with van der Waals surface area (Å²) < 4.78 is 5.39. The van der Waals surface area contributed by atoms with Gasteiger partial charge in [-0.1, -0.05) is 25.1 Å². The number of hydrogen-bond acceptors (Lipinski definition) is 6. The number of nitro groups is 1. The summed E-state index contributed by atoms with van der Waals surface area (Å²) in [5, 5.41) is 11.1. The molecule has 2 aliphatic rings. The molecule has 2 aromatic rings. The minimum Gasteiger partial charge on any atom is -0.496 e. The molecule has 0 unspecified atom stereocenters. The van der Waals surface area contributed by atoms with Crippen LogP contribution in [0.2, 0.25) is 0 Å². The number of amides is 2. The number of carbonyl (C=O) groups is 2. The maximum atomic E-state index is 13.5. The van der Waals surface area contributed by atoms with E-state index in [1.54, 1.807) is 13.2 Å². The van der Waals surface area contributed by atoms with Crippen molar-refractivity contribution in [1.29, 1.82) is 0 Å². The highest BCUT2D eigenvalue weighted by Crippen LogP contribution is 2.36. The first-order chi connectivity index (χ1) is 15.4. The number of ether oxygens (including phenoxy) is 1. The van der Waals surface area contributed by atoms with E-state index in [-0.39, 0.29) is 18.1 Å². The Kier molecular flexibility index (Phi) is 5.94. The van der Waals surface area contributed by atoms with E-state index >= 15 is 0 Å². The fourth-order valence-electron chi connectivity index (χ4n) is 4.25. The highest BCUT2D eigenvalue weighted by Gasteiger charge is 2.42. The van der Waals surface area contributed by atoms with Crippen molar-refractivity contribution in [2.75, 3.05) is 20.2 Å². The van der Waals surface area contributed by atoms with Crippen molar-refractivity contribution in [2.45, 2.75) is 26.3 Å². The van der Waals surface area contributed by atoms with Gasteiger partial charge in [0.2, 0.25) is 0 Å². The number of para-hydroxylation sites is 1. The Hall–Kier alpha value is -3.68. The van der Waals surface area contributed by atoms with Crippen LogP contribution >= 0.6 is 0 Å². The molecular weight excluding hydrogens is 410 g/mol. The molecule has 2 heterocycles. The van der Waals surface area contributed by atoms with Crippen molar-refractivity contribution in [3.8, 4) is 5.75 Å². The molecule has 0 N–H and O–H groups in total. The van der Waals surface area contributed by atoms with E-state index in [0.717, 1.165) is 18.4 Å². The summed E-state index contributed by atoms with van der Waals surface area (Å²) in [7, 11) is 1.55. The maximum absolute atomic E-state index is 13.5. The number of hydrogen-bond donors (Lipinski definition) is 0. The summed E-state index contributed by atoms with van der Waals surface area (Å²) in [6.07, 6.45) is 1.87. The first-order valence-electron chi connectivity index (χ1n) is 10.6. The van der Waals surface area contributed by atoms with E-state index in [4.69, 9.17) is 4.74 Å². The molecule has 0 saturated carbocycles. The van der Waals surface area contributed by atoms with E-state index in [1.807, 2.05) is 23.1 Å². The van der Waals surface area contributed by atoms with Crippen molar-refractivity contribution in [3.63, 3.8) is 0 Å². The largest absolute Gasteiger partial charge is 0.496 e. The van der Waals surface area contributed by atoms with Crippen molar-refractivity contribution >= 4 is 23.1 Å². The average molecular weight is 435 g/mol. The third kappa shape index (κ3) is 3.95. The predicted octanol–water partition coefficient (Wildman–Crippen LogP) is 3.62. The fraction of sp³-hybridized carbons (Fsp3) is 0.333. The zero-order valence-electron chi connectivity index (χ0n) is 18.1. The highest BCUT2D eigenvalue weighted by atomic mass is 16.6. The van der Waals surface area contributed by atoms with Crippen molar-refractivity contribution in [3.05, 3.63) is 75.5 Å². The Labute approximate surface area is 186 Å². The van der Waals surface area contributed by atoms with Crippen molar-refractivity contribution < 1.29 is 19.2 Å². The molecule has 8 nitrogen and oxygen atoms in total. The number of nitrogens with zero attached hydrogens (tertiary/aromatic N) is 3. The van der Waals surface area contributed by atoms with Crippen molar-refractivity contribution in [2.24, 2.45) is 5.92 Å². The van der Waals surface area contributed by atoms with Crippen LogP contribution in [0.3, 0.4) is 0 Å². The van der Waals surface area contributed by atoms with Gasteiger partial charge in [-0.2, -0.15) is 0 Å². The van der Waals surface area contributed by atoms with Crippen LogP contribution in [0.1, 0.15) is 30.9 Å². The van der Waals surface area contributed by atoms with Gasteiger partial charge in [-0.3, -0.25) is 24.6 Å². The van der Waals surface area contributed by atoms with E-state index < -0.39 is 10.8 Å². The molecule has 0 spiro atoms. The standard InChI is InChI=1S/C24H25N3O5/c1-16-11-13-25(14-12-16)22-21(17-7-9-19(10-8-17)27(30)31)23(28)26(24(22)29)15-18-5-3-4-6-20(18)32-2/h3-10,16H,11-15H2,1-2H3. The minimum absolute atomic E-state index is 0.0645. The number of imide groups is 1. The number of methoxy groups -OCH3 is 1. The van der Waals surface area contributed by atoms with Gasteiger partial charge < -0.3 is 9.64 Å². The van der Waals surface area contributed by atoms with Gasteiger partial charge in [-0.05, 0) is 42.5 Å². The zero-order chi connectivity index (χ0) is 22.8. The number of likely N-dealkylation sites (tertiary alicyclic amines) is 1. The van der Waals surface area contributed by atoms with Gasteiger partial charge in [0.1, 0.15) is 11.4 Å². The van der Waals surface area contributed by atoms with Crippen LogP contribution in [-0.2, 0) is 16.1 Å². The Morgan fingerprint density at radius 2 is 1.69 bits per heavy atom. The Morgan fingerprint density at radius 1 is 1.03 bits per heavy atom. The Morgan fingerprint density at radius 3 is 2.31 bits per heavy atom. The smallest absolute Gasteiger partial charge is 0.278 e. The number of piperidine rings is 1. The number of nitro benzene ring substituents is 1. The van der Waals surface area contributed by atoms with E-state index in [9.17, 15) is 19.7 Å². The topological polar surface area (TPSA) is 93.0 Å². The second kappa shape index (κ2) is 8.82. The summed E-state index contributed by atoms with van der Waals surface area (Å²) >= 11 is 0. The quantitative estimate of drug-likeness (QED) is 0.391. The summed E-state index contributed by atoms with van der Waals surface area (Å²) in [6.45, 7) is 3.65. The molecule has 0 atom stereocenters. The molecule has 166 valence electrons. The third-order valence-electron chi connectivity index (χ3n) is 6.13. The number of rotatable bonds is 6. The molecule has 1 saturated heterocycles. The Bertz CT molecular complexity index is 1090. The summed E-state index contributed by atoms with van der Waals surface area (Å²) in [5.41, 5.74) is 1.85. The van der Waals surface area contributed by atoms with E-state index in [1.165, 1.54) is 29.2 Å². The fourth-order valence-corrected chi connectivity index (χ4v) is 4.25. The number of benzene rings is 2. The number of non-ortho nitro benzene ring substituents is 1. The van der Waals surface area contributed by atoms with Crippen LogP contribution < -0.4 is 4.74 Å². The van der Waals surface area contributed by atoms with E-state index in [0.29, 0.717) is 41.6 Å². The monoisotopic (exact) mass is 435 g/mol. The second-order valence-electron chi connectivity index (χ2n) is 8.21. The Balaban J connectivity index is 1.73. The molecule has 0 aliphatic carbocycles. The predicted molar refractivity (Wildman–Crippen MR) is 119 cm³/mol. The van der Waals surface area contributed by atoms with Gasteiger partial charge in [0.25, 0.3) is 17.5 Å². The van der Waals surface area contributed by atoms with Crippen LogP contribution in [0.15, 0.2) is 54.2 Å².